The number of hydrogen-bond acceptors (Lipinski definition) is 1. The number of halogens is 1. The predicted octanol–water partition coefficient (Wildman–Crippen LogP) is 3.17. The van der Waals surface area contributed by atoms with Crippen LogP contribution in [-0.4, -0.2) is 6.54 Å². The minimum Gasteiger partial charge on any atom is -0.327 e. The lowest BCUT2D eigenvalue weighted by Crippen LogP contribution is -2.31. The molecule has 0 aliphatic carbocycles. The average molecular weight is 229 g/mol. The third kappa shape index (κ3) is 2.22. The van der Waals surface area contributed by atoms with E-state index in [1.54, 1.807) is 24.3 Å². The van der Waals surface area contributed by atoms with Gasteiger partial charge in [0.15, 0.2) is 5.67 Å². The molecule has 1 nitrogen and oxygen atoms in total. The van der Waals surface area contributed by atoms with Crippen molar-refractivity contribution in [2.75, 3.05) is 6.54 Å². The first-order valence-corrected chi connectivity index (χ1v) is 5.68. The molecule has 0 heterocycles. The zero-order valence-corrected chi connectivity index (χ0v) is 9.86. The van der Waals surface area contributed by atoms with Crippen molar-refractivity contribution >= 4 is 0 Å². The van der Waals surface area contributed by atoms with E-state index in [2.05, 4.69) is 0 Å². The van der Waals surface area contributed by atoms with Gasteiger partial charge in [-0.25, -0.2) is 4.39 Å². The van der Waals surface area contributed by atoms with Gasteiger partial charge in [0.25, 0.3) is 0 Å². The van der Waals surface area contributed by atoms with Gasteiger partial charge in [0.05, 0.1) is 0 Å². The molecule has 2 aromatic carbocycles. The number of benzene rings is 2. The van der Waals surface area contributed by atoms with E-state index in [0.717, 1.165) is 5.56 Å². The predicted molar refractivity (Wildman–Crippen MR) is 68.6 cm³/mol. The fourth-order valence-corrected chi connectivity index (χ4v) is 1.92. The molecule has 88 valence electrons. The Hall–Kier alpha value is -1.67. The van der Waals surface area contributed by atoms with Gasteiger partial charge in [-0.05, 0) is 18.1 Å². The van der Waals surface area contributed by atoms with Crippen LogP contribution in [0.4, 0.5) is 4.39 Å². The molecule has 0 radical (unpaired) electrons. The van der Waals surface area contributed by atoms with Crippen molar-refractivity contribution in [3.63, 3.8) is 0 Å². The first kappa shape index (κ1) is 11.8. The Morgan fingerprint density at radius 1 is 0.941 bits per heavy atom. The van der Waals surface area contributed by atoms with E-state index in [4.69, 9.17) is 5.73 Å². The van der Waals surface area contributed by atoms with Crippen LogP contribution in [0.1, 0.15) is 16.7 Å². The molecular weight excluding hydrogens is 213 g/mol. The summed E-state index contributed by atoms with van der Waals surface area (Å²) >= 11 is 0. The minimum atomic E-state index is -1.60. The molecule has 0 saturated carbocycles. The lowest BCUT2D eigenvalue weighted by atomic mass is 9.88. The van der Waals surface area contributed by atoms with Gasteiger partial charge >= 0.3 is 0 Å². The van der Waals surface area contributed by atoms with E-state index in [1.807, 2.05) is 37.3 Å². The monoisotopic (exact) mass is 229 g/mol. The van der Waals surface area contributed by atoms with Crippen LogP contribution in [0.3, 0.4) is 0 Å². The SMILES string of the molecule is Cc1ccc(C(F)(CN)c2ccccc2)cc1. The van der Waals surface area contributed by atoms with E-state index in [9.17, 15) is 4.39 Å². The van der Waals surface area contributed by atoms with Gasteiger partial charge in [-0.1, -0.05) is 60.2 Å². The van der Waals surface area contributed by atoms with Gasteiger partial charge in [0.1, 0.15) is 0 Å². The Morgan fingerprint density at radius 3 is 2.00 bits per heavy atom. The Morgan fingerprint density at radius 2 is 1.47 bits per heavy atom. The third-order valence-corrected chi connectivity index (χ3v) is 3.02. The van der Waals surface area contributed by atoms with E-state index < -0.39 is 5.67 Å². The molecule has 1 atom stereocenters. The van der Waals surface area contributed by atoms with Gasteiger partial charge in [0, 0.05) is 6.54 Å². The maximum atomic E-state index is 15.0. The molecule has 1 unspecified atom stereocenters. The molecule has 0 amide bonds. The van der Waals surface area contributed by atoms with Crippen molar-refractivity contribution in [1.82, 2.24) is 0 Å². The molecule has 0 saturated heterocycles. The number of hydrogen-bond donors (Lipinski definition) is 1. The van der Waals surface area contributed by atoms with Gasteiger partial charge in [-0.3, -0.25) is 0 Å². The summed E-state index contributed by atoms with van der Waals surface area (Å²) in [7, 11) is 0. The van der Waals surface area contributed by atoms with Gasteiger partial charge in [-0.2, -0.15) is 0 Å². The summed E-state index contributed by atoms with van der Waals surface area (Å²) in [5.74, 6) is 0. The second-order valence-corrected chi connectivity index (χ2v) is 4.24. The fraction of sp³-hybridized carbons (Fsp3) is 0.200. The molecular formula is C15H16FN. The zero-order chi connectivity index (χ0) is 12.3. The van der Waals surface area contributed by atoms with Gasteiger partial charge in [0.2, 0.25) is 0 Å². The molecule has 2 rings (SSSR count). The van der Waals surface area contributed by atoms with Crippen molar-refractivity contribution in [3.8, 4) is 0 Å². The molecule has 2 N–H and O–H groups in total. The highest BCUT2D eigenvalue weighted by Gasteiger charge is 2.32. The second-order valence-electron chi connectivity index (χ2n) is 4.24. The number of rotatable bonds is 3. The van der Waals surface area contributed by atoms with Crippen LogP contribution in [0.5, 0.6) is 0 Å². The fourth-order valence-electron chi connectivity index (χ4n) is 1.92. The molecule has 2 heteroatoms. The van der Waals surface area contributed by atoms with Crippen molar-refractivity contribution in [2.45, 2.75) is 12.6 Å². The number of nitrogens with two attached hydrogens (primary N) is 1. The van der Waals surface area contributed by atoms with Crippen LogP contribution in [0.15, 0.2) is 54.6 Å². The molecule has 0 spiro atoms. The molecule has 0 aliphatic heterocycles. The van der Waals surface area contributed by atoms with E-state index in [-0.39, 0.29) is 6.54 Å². The molecule has 0 aliphatic rings. The summed E-state index contributed by atoms with van der Waals surface area (Å²) in [6.45, 7) is 1.93. The van der Waals surface area contributed by atoms with Gasteiger partial charge < -0.3 is 5.73 Å². The van der Waals surface area contributed by atoms with Crippen LogP contribution in [0, 0.1) is 6.92 Å². The largest absolute Gasteiger partial charge is 0.327 e. The number of aryl methyl sites for hydroxylation is 1. The molecule has 2 aromatic rings. The summed E-state index contributed by atoms with van der Waals surface area (Å²) in [4.78, 5) is 0. The maximum Gasteiger partial charge on any atom is 0.173 e. The quantitative estimate of drug-likeness (QED) is 0.859. The normalized spacial score (nSPS) is 14.3. The lowest BCUT2D eigenvalue weighted by Gasteiger charge is -2.24. The average Bonchev–Trinajstić information content (AvgIpc) is 2.40. The summed E-state index contributed by atoms with van der Waals surface area (Å²) in [5.41, 5.74) is 6.36. The summed E-state index contributed by atoms with van der Waals surface area (Å²) < 4.78 is 15.0. The molecule has 17 heavy (non-hydrogen) atoms. The van der Waals surface area contributed by atoms with Crippen molar-refractivity contribution in [2.24, 2.45) is 5.73 Å². The van der Waals surface area contributed by atoms with Crippen molar-refractivity contribution in [1.29, 1.82) is 0 Å². The first-order valence-electron chi connectivity index (χ1n) is 5.68. The van der Waals surface area contributed by atoms with Crippen LogP contribution in [-0.2, 0) is 5.67 Å². The number of alkyl halides is 1. The standard InChI is InChI=1S/C15H16FN/c1-12-7-9-14(10-8-12)15(16,11-17)13-5-3-2-4-6-13/h2-10H,11,17H2,1H3. The summed E-state index contributed by atoms with van der Waals surface area (Å²) in [5, 5.41) is 0. The lowest BCUT2D eigenvalue weighted by molar-refractivity contribution is 0.232. The second kappa shape index (κ2) is 4.68. The topological polar surface area (TPSA) is 26.0 Å². The van der Waals surface area contributed by atoms with Crippen molar-refractivity contribution in [3.05, 3.63) is 71.3 Å². The van der Waals surface area contributed by atoms with Crippen LogP contribution in [0.25, 0.3) is 0 Å². The summed E-state index contributed by atoms with van der Waals surface area (Å²) in [6, 6.07) is 16.5. The highest BCUT2D eigenvalue weighted by atomic mass is 19.1. The van der Waals surface area contributed by atoms with Gasteiger partial charge in [-0.15, -0.1) is 0 Å². The highest BCUT2D eigenvalue weighted by Crippen LogP contribution is 2.32. The smallest absolute Gasteiger partial charge is 0.173 e. The van der Waals surface area contributed by atoms with Crippen LogP contribution < -0.4 is 5.73 Å². The highest BCUT2D eigenvalue weighted by molar-refractivity contribution is 5.37. The van der Waals surface area contributed by atoms with Crippen molar-refractivity contribution < 1.29 is 4.39 Å². The molecule has 0 bridgehead atoms. The Kier molecular flexibility index (Phi) is 3.25. The molecule has 0 fully saturated rings. The Balaban J connectivity index is 2.48. The van der Waals surface area contributed by atoms with Crippen LogP contribution >= 0.6 is 0 Å². The van der Waals surface area contributed by atoms with E-state index in [1.165, 1.54) is 0 Å². The van der Waals surface area contributed by atoms with E-state index >= 15 is 0 Å². The van der Waals surface area contributed by atoms with E-state index in [0.29, 0.717) is 11.1 Å². The third-order valence-electron chi connectivity index (χ3n) is 3.02. The Bertz CT molecular complexity index is 478. The Labute approximate surface area is 101 Å². The zero-order valence-electron chi connectivity index (χ0n) is 9.86. The van der Waals surface area contributed by atoms with Crippen LogP contribution in [0.2, 0.25) is 0 Å². The first-order chi connectivity index (χ1) is 8.16. The molecule has 0 aromatic heterocycles. The minimum absolute atomic E-state index is 0.0555. The summed E-state index contributed by atoms with van der Waals surface area (Å²) in [6.07, 6.45) is 0. The maximum absolute atomic E-state index is 15.0.